The number of H-pyrrole nitrogens is 1. The molecule has 0 radical (unpaired) electrons. The number of aromatic amines is 1. The van der Waals surface area contributed by atoms with E-state index in [-0.39, 0.29) is 0 Å². The van der Waals surface area contributed by atoms with Gasteiger partial charge < -0.3 is 4.90 Å². The first-order valence-corrected chi connectivity index (χ1v) is 2.89. The van der Waals surface area contributed by atoms with Crippen molar-refractivity contribution in [3.05, 3.63) is 11.8 Å². The third-order valence-corrected chi connectivity index (χ3v) is 1.15. The number of rotatable bonds is 1. The van der Waals surface area contributed by atoms with Gasteiger partial charge >= 0.3 is 0 Å². The first kappa shape index (κ1) is 6.13. The van der Waals surface area contributed by atoms with Crippen molar-refractivity contribution in [2.24, 2.45) is 0 Å². The van der Waals surface area contributed by atoms with Gasteiger partial charge in [0.15, 0.2) is 0 Å². The van der Waals surface area contributed by atoms with Crippen LogP contribution >= 0.6 is 0 Å². The minimum Gasteiger partial charge on any atom is -0.361 e. The summed E-state index contributed by atoms with van der Waals surface area (Å²) in [5.74, 6) is 0.979. The van der Waals surface area contributed by atoms with Crippen LogP contribution in [-0.2, 0) is 0 Å². The average Bonchev–Trinajstić information content (AvgIpc) is 2.14. The van der Waals surface area contributed by atoms with Crippen LogP contribution in [0.2, 0.25) is 0 Å². The van der Waals surface area contributed by atoms with Crippen molar-refractivity contribution in [3.8, 4) is 0 Å². The Balaban J connectivity index is 2.85. The lowest BCUT2D eigenvalue weighted by atomic mass is 10.5. The Morgan fingerprint density at radius 1 is 1.56 bits per heavy atom. The lowest BCUT2D eigenvalue weighted by Crippen LogP contribution is -2.08. The Morgan fingerprint density at radius 3 is 2.44 bits per heavy atom. The van der Waals surface area contributed by atoms with Gasteiger partial charge in [0.25, 0.3) is 0 Å². The van der Waals surface area contributed by atoms with E-state index in [0.29, 0.717) is 0 Å². The van der Waals surface area contributed by atoms with Crippen LogP contribution in [0, 0.1) is 6.92 Å². The highest BCUT2D eigenvalue weighted by atomic mass is 15.2. The maximum absolute atomic E-state index is 4.02. The summed E-state index contributed by atoms with van der Waals surface area (Å²) in [4.78, 5) is 1.96. The number of hydrogen-bond donors (Lipinski definition) is 1. The molecule has 0 aromatic carbocycles. The fourth-order valence-corrected chi connectivity index (χ4v) is 0.633. The number of nitrogens with one attached hydrogen (secondary N) is 1. The highest BCUT2D eigenvalue weighted by Gasteiger charge is 1.96. The van der Waals surface area contributed by atoms with Crippen LogP contribution in [-0.4, -0.2) is 24.3 Å². The largest absolute Gasteiger partial charge is 0.361 e. The molecule has 0 saturated carbocycles. The summed E-state index contributed by atoms with van der Waals surface area (Å²) in [5, 5.41) is 6.87. The summed E-state index contributed by atoms with van der Waals surface area (Å²) in [6.07, 6.45) is 0. The Morgan fingerprint density at radius 2 is 2.22 bits per heavy atom. The summed E-state index contributed by atoms with van der Waals surface area (Å²) < 4.78 is 0. The quantitative estimate of drug-likeness (QED) is 0.601. The fraction of sp³-hybridized carbons (Fsp3) is 0.500. The first-order valence-electron chi connectivity index (χ1n) is 2.89. The normalized spacial score (nSPS) is 9.67. The predicted octanol–water partition coefficient (Wildman–Crippen LogP) is 0.784. The van der Waals surface area contributed by atoms with Crippen LogP contribution in [0.1, 0.15) is 5.69 Å². The molecule has 1 rings (SSSR count). The van der Waals surface area contributed by atoms with Crippen molar-refractivity contribution in [1.29, 1.82) is 0 Å². The van der Waals surface area contributed by atoms with E-state index in [2.05, 4.69) is 10.2 Å². The van der Waals surface area contributed by atoms with Gasteiger partial charge in [-0.05, 0) is 6.92 Å². The van der Waals surface area contributed by atoms with Crippen molar-refractivity contribution in [2.75, 3.05) is 19.0 Å². The Hall–Kier alpha value is -0.990. The van der Waals surface area contributed by atoms with E-state index in [1.54, 1.807) is 0 Å². The van der Waals surface area contributed by atoms with Gasteiger partial charge in [-0.2, -0.15) is 5.10 Å². The molecule has 0 spiro atoms. The van der Waals surface area contributed by atoms with E-state index in [0.717, 1.165) is 11.5 Å². The van der Waals surface area contributed by atoms with Crippen LogP contribution in [0.15, 0.2) is 6.07 Å². The molecule has 0 aliphatic rings. The zero-order valence-corrected chi connectivity index (χ0v) is 5.97. The highest BCUT2D eigenvalue weighted by Crippen LogP contribution is 2.05. The molecule has 1 aromatic heterocycles. The molecule has 0 aliphatic heterocycles. The second-order valence-electron chi connectivity index (χ2n) is 2.30. The van der Waals surface area contributed by atoms with E-state index >= 15 is 0 Å². The highest BCUT2D eigenvalue weighted by molar-refractivity contribution is 5.36. The molecule has 1 heterocycles. The minimum atomic E-state index is 0.979. The van der Waals surface area contributed by atoms with E-state index < -0.39 is 0 Å². The molecule has 3 heteroatoms. The number of aromatic nitrogens is 2. The van der Waals surface area contributed by atoms with Crippen LogP contribution in [0.25, 0.3) is 0 Å². The Kier molecular flexibility index (Phi) is 1.42. The molecule has 3 nitrogen and oxygen atoms in total. The van der Waals surface area contributed by atoms with Crippen LogP contribution in [0.3, 0.4) is 0 Å². The second-order valence-corrected chi connectivity index (χ2v) is 2.30. The van der Waals surface area contributed by atoms with Crippen molar-refractivity contribution in [1.82, 2.24) is 10.2 Å². The van der Waals surface area contributed by atoms with Gasteiger partial charge in [0.05, 0.1) is 0 Å². The van der Waals surface area contributed by atoms with Gasteiger partial charge in [0.1, 0.15) is 5.82 Å². The molecule has 1 aromatic rings. The molecule has 0 saturated heterocycles. The van der Waals surface area contributed by atoms with Gasteiger partial charge in [-0.3, -0.25) is 5.10 Å². The third-order valence-electron chi connectivity index (χ3n) is 1.15. The summed E-state index contributed by atoms with van der Waals surface area (Å²) in [7, 11) is 3.94. The molecular weight excluding hydrogens is 114 g/mol. The predicted molar refractivity (Wildman–Crippen MR) is 37.7 cm³/mol. The summed E-state index contributed by atoms with van der Waals surface area (Å²) >= 11 is 0. The van der Waals surface area contributed by atoms with Gasteiger partial charge in [-0.1, -0.05) is 0 Å². The molecular formula is C6H11N3. The monoisotopic (exact) mass is 125 g/mol. The molecule has 50 valence electrons. The van der Waals surface area contributed by atoms with Crippen LogP contribution < -0.4 is 4.90 Å². The molecule has 0 bridgehead atoms. The van der Waals surface area contributed by atoms with Gasteiger partial charge in [0, 0.05) is 25.9 Å². The number of nitrogens with zero attached hydrogens (tertiary/aromatic N) is 2. The van der Waals surface area contributed by atoms with E-state index in [9.17, 15) is 0 Å². The standard InChI is InChI=1S/C6H11N3/c1-5-4-6(8-7-5)9(2)3/h4H,1-3H3,(H,7,8). The molecule has 0 aliphatic carbocycles. The van der Waals surface area contributed by atoms with Crippen molar-refractivity contribution in [3.63, 3.8) is 0 Å². The molecule has 0 fully saturated rings. The number of aryl methyl sites for hydroxylation is 1. The maximum atomic E-state index is 4.02. The molecule has 0 atom stereocenters. The van der Waals surface area contributed by atoms with E-state index in [1.807, 2.05) is 32.0 Å². The van der Waals surface area contributed by atoms with Crippen molar-refractivity contribution < 1.29 is 0 Å². The fourth-order valence-electron chi connectivity index (χ4n) is 0.633. The third kappa shape index (κ3) is 1.22. The SMILES string of the molecule is Cc1cc(N(C)C)n[nH]1. The maximum Gasteiger partial charge on any atom is 0.150 e. The summed E-state index contributed by atoms with van der Waals surface area (Å²) in [6.45, 7) is 1.99. The van der Waals surface area contributed by atoms with Gasteiger partial charge in [0.2, 0.25) is 0 Å². The average molecular weight is 125 g/mol. The van der Waals surface area contributed by atoms with Crippen molar-refractivity contribution >= 4 is 5.82 Å². The Bertz CT molecular complexity index is 190. The molecule has 0 unspecified atom stereocenters. The minimum absolute atomic E-state index is 0.979. The van der Waals surface area contributed by atoms with Crippen molar-refractivity contribution in [2.45, 2.75) is 6.92 Å². The topological polar surface area (TPSA) is 31.9 Å². The molecule has 0 amide bonds. The lowest BCUT2D eigenvalue weighted by molar-refractivity contribution is 0.996. The van der Waals surface area contributed by atoms with Crippen LogP contribution in [0.4, 0.5) is 5.82 Å². The Labute approximate surface area is 54.7 Å². The summed E-state index contributed by atoms with van der Waals surface area (Å²) in [5.41, 5.74) is 1.10. The van der Waals surface area contributed by atoms with E-state index in [4.69, 9.17) is 0 Å². The van der Waals surface area contributed by atoms with Gasteiger partial charge in [-0.15, -0.1) is 0 Å². The summed E-state index contributed by atoms with van der Waals surface area (Å²) in [6, 6.07) is 2.00. The molecule has 1 N–H and O–H groups in total. The first-order chi connectivity index (χ1) is 4.20. The van der Waals surface area contributed by atoms with Gasteiger partial charge in [-0.25, -0.2) is 0 Å². The second kappa shape index (κ2) is 2.09. The van der Waals surface area contributed by atoms with E-state index in [1.165, 1.54) is 0 Å². The zero-order chi connectivity index (χ0) is 6.85. The lowest BCUT2D eigenvalue weighted by Gasteiger charge is -2.04. The number of hydrogen-bond acceptors (Lipinski definition) is 2. The smallest absolute Gasteiger partial charge is 0.150 e. The molecule has 9 heavy (non-hydrogen) atoms. The zero-order valence-electron chi connectivity index (χ0n) is 5.97. The van der Waals surface area contributed by atoms with Crippen LogP contribution in [0.5, 0.6) is 0 Å². The number of anilines is 1.